The second kappa shape index (κ2) is 4.27. The lowest BCUT2D eigenvalue weighted by molar-refractivity contribution is -0.385. The number of amidine groups is 1. The van der Waals surface area contributed by atoms with Gasteiger partial charge in [-0.15, -0.1) is 0 Å². The third-order valence-corrected chi connectivity index (χ3v) is 2.62. The molecule has 1 saturated heterocycles. The Morgan fingerprint density at radius 1 is 1.56 bits per heavy atom. The number of nitro groups is 1. The molecule has 2 rings (SSSR count). The third-order valence-electron chi connectivity index (χ3n) is 1.75. The maximum absolute atomic E-state index is 10.9. The van der Waals surface area contributed by atoms with Crippen molar-refractivity contribution in [2.24, 2.45) is 4.99 Å². The summed E-state index contributed by atoms with van der Waals surface area (Å²) in [6, 6.07) is 2.74. The van der Waals surface area contributed by atoms with Crippen LogP contribution in [0.5, 0.6) is 0 Å². The summed E-state index contributed by atoms with van der Waals surface area (Å²) < 4.78 is 0. The highest BCUT2D eigenvalue weighted by atomic mass is 32.2. The Morgan fingerprint density at radius 2 is 2.38 bits per heavy atom. The predicted molar refractivity (Wildman–Crippen MR) is 58.6 cm³/mol. The molecule has 2 heterocycles. The molecule has 1 aliphatic rings. The van der Waals surface area contributed by atoms with Crippen LogP contribution in [0, 0.1) is 10.1 Å². The zero-order chi connectivity index (χ0) is 11.5. The molecule has 1 aliphatic heterocycles. The van der Waals surface area contributed by atoms with Gasteiger partial charge in [0.2, 0.25) is 5.91 Å². The lowest BCUT2D eigenvalue weighted by Crippen LogP contribution is -2.19. The second-order valence-electron chi connectivity index (χ2n) is 2.89. The molecule has 0 aromatic carbocycles. The van der Waals surface area contributed by atoms with Crippen molar-refractivity contribution in [3.63, 3.8) is 0 Å². The van der Waals surface area contributed by atoms with E-state index in [1.165, 1.54) is 23.9 Å². The maximum atomic E-state index is 10.9. The van der Waals surface area contributed by atoms with E-state index in [0.717, 1.165) is 6.20 Å². The predicted octanol–water partition coefficient (Wildman–Crippen LogP) is 0.840. The molecule has 0 unspecified atom stereocenters. The van der Waals surface area contributed by atoms with Gasteiger partial charge in [0.25, 0.3) is 5.69 Å². The monoisotopic (exact) mass is 238 g/mol. The SMILES string of the molecule is O=C1CSC(=Nc2ccc([N+](=O)[O-])cn2)N1. The molecule has 1 fully saturated rings. The zero-order valence-corrected chi connectivity index (χ0v) is 8.73. The fraction of sp³-hybridized carbons (Fsp3) is 0.125. The Morgan fingerprint density at radius 3 is 2.88 bits per heavy atom. The fourth-order valence-corrected chi connectivity index (χ4v) is 1.73. The Balaban J connectivity index is 2.16. The summed E-state index contributed by atoms with van der Waals surface area (Å²) in [7, 11) is 0. The fourth-order valence-electron chi connectivity index (χ4n) is 1.04. The first-order valence-electron chi connectivity index (χ1n) is 4.27. The highest BCUT2D eigenvalue weighted by Gasteiger charge is 2.16. The summed E-state index contributed by atoms with van der Waals surface area (Å²) in [5.74, 6) is 0.562. The average molecular weight is 238 g/mol. The zero-order valence-electron chi connectivity index (χ0n) is 7.91. The third kappa shape index (κ3) is 2.34. The Hall–Kier alpha value is -1.96. The topological polar surface area (TPSA) is 97.5 Å². The van der Waals surface area contributed by atoms with Crippen molar-refractivity contribution < 1.29 is 9.72 Å². The first-order chi connectivity index (χ1) is 7.65. The number of amides is 1. The summed E-state index contributed by atoms with van der Waals surface area (Å²) in [5, 5.41) is 13.4. The number of aliphatic imine (C=N–C) groups is 1. The average Bonchev–Trinajstić information content (AvgIpc) is 2.65. The molecule has 0 saturated carbocycles. The molecule has 7 nitrogen and oxygen atoms in total. The normalized spacial score (nSPS) is 17.5. The standard InChI is InChI=1S/C8H6N4O3S/c13-7-4-16-8(11-7)10-6-2-1-5(3-9-6)12(14)15/h1-3H,4H2,(H,9,10,11,13). The van der Waals surface area contributed by atoms with E-state index in [0.29, 0.717) is 16.7 Å². The molecule has 0 spiro atoms. The van der Waals surface area contributed by atoms with Crippen molar-refractivity contribution in [1.82, 2.24) is 10.3 Å². The van der Waals surface area contributed by atoms with Gasteiger partial charge in [0.15, 0.2) is 11.0 Å². The second-order valence-corrected chi connectivity index (χ2v) is 3.85. The molecule has 82 valence electrons. The van der Waals surface area contributed by atoms with Gasteiger partial charge in [0.05, 0.1) is 10.7 Å². The number of aromatic nitrogens is 1. The van der Waals surface area contributed by atoms with Crippen molar-refractivity contribution >= 4 is 34.3 Å². The van der Waals surface area contributed by atoms with Crippen LogP contribution in [0.15, 0.2) is 23.3 Å². The molecule has 8 heteroatoms. The van der Waals surface area contributed by atoms with Crippen LogP contribution in [0.3, 0.4) is 0 Å². The summed E-state index contributed by atoms with van der Waals surface area (Å²) in [6.45, 7) is 0. The number of carbonyl (C=O) groups excluding carboxylic acids is 1. The van der Waals surface area contributed by atoms with Crippen LogP contribution < -0.4 is 5.32 Å². The molecular formula is C8H6N4O3S. The van der Waals surface area contributed by atoms with Gasteiger partial charge in [-0.3, -0.25) is 14.9 Å². The summed E-state index contributed by atoms with van der Waals surface area (Å²) >= 11 is 1.27. The number of rotatable bonds is 2. The first kappa shape index (κ1) is 10.6. The van der Waals surface area contributed by atoms with E-state index >= 15 is 0 Å². The maximum Gasteiger partial charge on any atom is 0.287 e. The minimum absolute atomic E-state index is 0.0907. The van der Waals surface area contributed by atoms with Gasteiger partial charge in [0, 0.05) is 6.07 Å². The van der Waals surface area contributed by atoms with Crippen molar-refractivity contribution in [2.75, 3.05) is 5.75 Å². The Bertz CT molecular complexity index is 471. The molecule has 0 radical (unpaired) electrons. The van der Waals surface area contributed by atoms with Gasteiger partial charge in [0.1, 0.15) is 6.20 Å². The number of carbonyl (C=O) groups is 1. The Labute approximate surface area is 94.1 Å². The van der Waals surface area contributed by atoms with Crippen molar-refractivity contribution in [3.05, 3.63) is 28.4 Å². The molecule has 1 aromatic rings. The smallest absolute Gasteiger partial charge is 0.287 e. The lowest BCUT2D eigenvalue weighted by atomic mass is 10.4. The minimum Gasteiger partial charge on any atom is -0.304 e. The van der Waals surface area contributed by atoms with Crippen LogP contribution >= 0.6 is 11.8 Å². The van der Waals surface area contributed by atoms with Gasteiger partial charge in [-0.2, -0.15) is 0 Å². The number of hydrogen-bond donors (Lipinski definition) is 1. The molecule has 0 atom stereocenters. The molecule has 1 amide bonds. The quantitative estimate of drug-likeness (QED) is 0.608. The van der Waals surface area contributed by atoms with Crippen LogP contribution in [0.25, 0.3) is 0 Å². The van der Waals surface area contributed by atoms with Crippen LogP contribution in [0.4, 0.5) is 11.5 Å². The summed E-state index contributed by atoms with van der Waals surface area (Å²) in [5.41, 5.74) is -0.0907. The highest BCUT2D eigenvalue weighted by molar-refractivity contribution is 8.15. The van der Waals surface area contributed by atoms with Crippen molar-refractivity contribution in [3.8, 4) is 0 Å². The molecular weight excluding hydrogens is 232 g/mol. The van der Waals surface area contributed by atoms with E-state index in [9.17, 15) is 14.9 Å². The number of pyridine rings is 1. The number of nitrogens with one attached hydrogen (secondary N) is 1. The molecule has 1 aromatic heterocycles. The van der Waals surface area contributed by atoms with Gasteiger partial charge in [-0.05, 0) is 6.07 Å². The van der Waals surface area contributed by atoms with E-state index in [4.69, 9.17) is 0 Å². The van der Waals surface area contributed by atoms with E-state index in [2.05, 4.69) is 15.3 Å². The largest absolute Gasteiger partial charge is 0.304 e. The van der Waals surface area contributed by atoms with Crippen LogP contribution in [0.2, 0.25) is 0 Å². The number of thioether (sulfide) groups is 1. The number of nitrogens with zero attached hydrogens (tertiary/aromatic N) is 3. The van der Waals surface area contributed by atoms with E-state index in [1.807, 2.05) is 0 Å². The van der Waals surface area contributed by atoms with E-state index in [1.54, 1.807) is 0 Å². The summed E-state index contributed by atoms with van der Waals surface area (Å²) in [6.07, 6.45) is 1.13. The minimum atomic E-state index is -0.532. The van der Waals surface area contributed by atoms with Gasteiger partial charge in [-0.1, -0.05) is 11.8 Å². The van der Waals surface area contributed by atoms with E-state index < -0.39 is 4.92 Å². The summed E-state index contributed by atoms with van der Waals surface area (Å²) in [4.78, 5) is 28.5. The van der Waals surface area contributed by atoms with Gasteiger partial charge >= 0.3 is 0 Å². The lowest BCUT2D eigenvalue weighted by Gasteiger charge is -1.95. The Kier molecular flexibility index (Phi) is 2.82. The molecule has 0 aliphatic carbocycles. The molecule has 1 N–H and O–H groups in total. The van der Waals surface area contributed by atoms with E-state index in [-0.39, 0.29) is 11.6 Å². The highest BCUT2D eigenvalue weighted by Crippen LogP contribution is 2.17. The molecule has 16 heavy (non-hydrogen) atoms. The van der Waals surface area contributed by atoms with Gasteiger partial charge in [-0.25, -0.2) is 9.98 Å². The van der Waals surface area contributed by atoms with Crippen molar-refractivity contribution in [2.45, 2.75) is 0 Å². The molecule has 0 bridgehead atoms. The van der Waals surface area contributed by atoms with Crippen LogP contribution in [-0.4, -0.2) is 26.7 Å². The van der Waals surface area contributed by atoms with Gasteiger partial charge < -0.3 is 5.32 Å². The first-order valence-corrected chi connectivity index (χ1v) is 5.25. The van der Waals surface area contributed by atoms with Crippen molar-refractivity contribution in [1.29, 1.82) is 0 Å². The van der Waals surface area contributed by atoms with Crippen LogP contribution in [-0.2, 0) is 4.79 Å². The van der Waals surface area contributed by atoms with Crippen LogP contribution in [0.1, 0.15) is 0 Å². The number of hydrogen-bond acceptors (Lipinski definition) is 6.